The van der Waals surface area contributed by atoms with Gasteiger partial charge in [-0.15, -0.1) is 11.3 Å². The predicted octanol–water partition coefficient (Wildman–Crippen LogP) is 6.76. The topological polar surface area (TPSA) is 12.9 Å². The zero-order valence-corrected chi connectivity index (χ0v) is 14.2. The number of fused-ring (bicyclic) bond motifs is 4. The molecule has 0 saturated carbocycles. The Morgan fingerprint density at radius 1 is 0.640 bits per heavy atom. The van der Waals surface area contributed by atoms with Crippen molar-refractivity contribution < 1.29 is 0 Å². The monoisotopic (exact) mass is 335 g/mol. The molecule has 5 aromatic rings. The van der Waals surface area contributed by atoms with Gasteiger partial charge in [0, 0.05) is 0 Å². The fraction of sp³-hybridized carbons (Fsp3) is 0. The summed E-state index contributed by atoms with van der Waals surface area (Å²) in [5.74, 6) is 0. The van der Waals surface area contributed by atoms with E-state index in [-0.39, 0.29) is 0 Å². The Bertz CT molecular complexity index is 1270. The Hall–Kier alpha value is -2.97. The predicted molar refractivity (Wildman–Crippen MR) is 107 cm³/mol. The van der Waals surface area contributed by atoms with Gasteiger partial charge in [-0.05, 0) is 56.3 Å². The molecule has 6 rings (SSSR count). The van der Waals surface area contributed by atoms with Crippen molar-refractivity contribution in [3.8, 4) is 33.4 Å². The molecule has 0 fully saturated rings. The maximum absolute atomic E-state index is 4.40. The van der Waals surface area contributed by atoms with Crippen molar-refractivity contribution in [2.24, 2.45) is 0 Å². The molecule has 0 amide bonds. The van der Waals surface area contributed by atoms with Gasteiger partial charge in [0.25, 0.3) is 0 Å². The minimum absolute atomic E-state index is 1.08. The van der Waals surface area contributed by atoms with Gasteiger partial charge in [-0.1, -0.05) is 60.7 Å². The van der Waals surface area contributed by atoms with Crippen molar-refractivity contribution in [1.29, 1.82) is 0 Å². The summed E-state index contributed by atoms with van der Waals surface area (Å²) in [4.78, 5) is 4.40. The third-order valence-electron chi connectivity index (χ3n) is 5.19. The van der Waals surface area contributed by atoms with Gasteiger partial charge in [-0.3, -0.25) is 0 Å². The first-order chi connectivity index (χ1) is 12.4. The third-order valence-corrected chi connectivity index (χ3v) is 5.98. The van der Waals surface area contributed by atoms with Gasteiger partial charge in [0.05, 0.1) is 15.7 Å². The number of benzene rings is 4. The van der Waals surface area contributed by atoms with Crippen LogP contribution in [0.15, 0.2) is 78.3 Å². The van der Waals surface area contributed by atoms with Crippen LogP contribution in [0.3, 0.4) is 0 Å². The molecule has 1 aliphatic carbocycles. The third kappa shape index (κ3) is 1.75. The quantitative estimate of drug-likeness (QED) is 0.323. The Balaban J connectivity index is 1.70. The lowest BCUT2D eigenvalue weighted by Gasteiger charge is -2.09. The maximum atomic E-state index is 4.40. The Morgan fingerprint density at radius 2 is 1.40 bits per heavy atom. The highest BCUT2D eigenvalue weighted by Gasteiger charge is 2.22. The molecular formula is C23H13NS. The summed E-state index contributed by atoms with van der Waals surface area (Å²) in [5.41, 5.74) is 10.9. The number of hydrogen-bond donors (Lipinski definition) is 0. The fourth-order valence-corrected chi connectivity index (χ4v) is 4.80. The molecule has 1 nitrogen and oxygen atoms in total. The van der Waals surface area contributed by atoms with Crippen molar-refractivity contribution in [2.45, 2.75) is 0 Å². The highest BCUT2D eigenvalue weighted by molar-refractivity contribution is 7.16. The lowest BCUT2D eigenvalue weighted by molar-refractivity contribution is 1.50. The zero-order valence-electron chi connectivity index (χ0n) is 13.4. The second-order valence-corrected chi connectivity index (χ2v) is 7.36. The van der Waals surface area contributed by atoms with E-state index in [4.69, 9.17) is 0 Å². The van der Waals surface area contributed by atoms with Crippen molar-refractivity contribution in [3.05, 3.63) is 78.3 Å². The van der Waals surface area contributed by atoms with Gasteiger partial charge in [0.15, 0.2) is 0 Å². The van der Waals surface area contributed by atoms with Crippen LogP contribution < -0.4 is 0 Å². The van der Waals surface area contributed by atoms with Gasteiger partial charge in [0.2, 0.25) is 0 Å². The molecule has 25 heavy (non-hydrogen) atoms. The van der Waals surface area contributed by atoms with Crippen LogP contribution in [-0.2, 0) is 0 Å². The maximum Gasteiger partial charge on any atom is 0.0812 e. The zero-order chi connectivity index (χ0) is 16.4. The minimum Gasteiger partial charge on any atom is -0.245 e. The number of thiazole rings is 1. The van der Waals surface area contributed by atoms with E-state index in [1.807, 2.05) is 5.51 Å². The molecule has 0 radical (unpaired) electrons. The van der Waals surface area contributed by atoms with Crippen molar-refractivity contribution >= 4 is 32.3 Å². The standard InChI is InChI=1S/C23H13NS/c1-2-5-17-16(4-1)19-7-3-6-18-15(9-10-20(17)23(18)19)14-8-11-21-22(12-14)25-13-24-21/h1-13H. The molecule has 1 heterocycles. The molecule has 0 atom stereocenters. The Morgan fingerprint density at radius 3 is 2.28 bits per heavy atom. The smallest absolute Gasteiger partial charge is 0.0812 e. The molecular weight excluding hydrogens is 322 g/mol. The van der Waals surface area contributed by atoms with E-state index in [0.29, 0.717) is 0 Å². The summed E-state index contributed by atoms with van der Waals surface area (Å²) in [7, 11) is 0. The second kappa shape index (κ2) is 4.78. The Kier molecular flexibility index (Phi) is 2.55. The van der Waals surface area contributed by atoms with Crippen LogP contribution in [0.25, 0.3) is 54.4 Å². The summed E-state index contributed by atoms with van der Waals surface area (Å²) < 4.78 is 1.24. The van der Waals surface area contributed by atoms with Gasteiger partial charge in [-0.25, -0.2) is 4.98 Å². The van der Waals surface area contributed by atoms with Gasteiger partial charge < -0.3 is 0 Å². The van der Waals surface area contributed by atoms with E-state index in [0.717, 1.165) is 5.52 Å². The molecule has 0 N–H and O–H groups in total. The Labute approximate surface area is 149 Å². The lowest BCUT2D eigenvalue weighted by atomic mass is 9.94. The van der Waals surface area contributed by atoms with Crippen LogP contribution in [0.1, 0.15) is 0 Å². The van der Waals surface area contributed by atoms with Crippen molar-refractivity contribution in [1.82, 2.24) is 4.98 Å². The SMILES string of the molecule is c1ccc2c(c1)-c1cccc3c(-c4ccc5ncsc5c4)ccc-2c13. The van der Waals surface area contributed by atoms with Crippen molar-refractivity contribution in [3.63, 3.8) is 0 Å². The highest BCUT2D eigenvalue weighted by atomic mass is 32.1. The van der Waals surface area contributed by atoms with E-state index in [2.05, 4.69) is 77.8 Å². The molecule has 0 saturated heterocycles. The molecule has 4 aromatic carbocycles. The average molecular weight is 335 g/mol. The van der Waals surface area contributed by atoms with Crippen LogP contribution >= 0.6 is 11.3 Å². The van der Waals surface area contributed by atoms with Crippen LogP contribution in [-0.4, -0.2) is 4.98 Å². The summed E-state index contributed by atoms with van der Waals surface area (Å²) in [6.45, 7) is 0. The first-order valence-electron chi connectivity index (χ1n) is 8.39. The highest BCUT2D eigenvalue weighted by Crippen LogP contribution is 2.49. The summed E-state index contributed by atoms with van der Waals surface area (Å²) in [6.07, 6.45) is 0. The van der Waals surface area contributed by atoms with E-state index in [1.165, 1.54) is 48.9 Å². The van der Waals surface area contributed by atoms with Crippen molar-refractivity contribution in [2.75, 3.05) is 0 Å². The van der Waals surface area contributed by atoms with E-state index < -0.39 is 0 Å². The average Bonchev–Trinajstić information content (AvgIpc) is 3.26. The van der Waals surface area contributed by atoms with Crippen LogP contribution in [0.2, 0.25) is 0 Å². The summed E-state index contributed by atoms with van der Waals surface area (Å²) in [6, 6.07) is 26.5. The molecule has 1 aromatic heterocycles. The van der Waals surface area contributed by atoms with E-state index >= 15 is 0 Å². The molecule has 0 bridgehead atoms. The number of aromatic nitrogens is 1. The molecule has 1 aliphatic rings. The molecule has 2 heteroatoms. The number of nitrogens with zero attached hydrogens (tertiary/aromatic N) is 1. The molecule has 0 spiro atoms. The van der Waals surface area contributed by atoms with Gasteiger partial charge in [-0.2, -0.15) is 0 Å². The molecule has 0 aliphatic heterocycles. The normalized spacial score (nSPS) is 12.0. The summed E-state index contributed by atoms with van der Waals surface area (Å²) >= 11 is 1.70. The number of hydrogen-bond acceptors (Lipinski definition) is 2. The number of rotatable bonds is 1. The van der Waals surface area contributed by atoms with Gasteiger partial charge >= 0.3 is 0 Å². The summed E-state index contributed by atoms with van der Waals surface area (Å²) in [5, 5.41) is 2.71. The fourth-order valence-electron chi connectivity index (χ4n) is 4.08. The molecule has 116 valence electrons. The van der Waals surface area contributed by atoms with E-state index in [9.17, 15) is 0 Å². The van der Waals surface area contributed by atoms with Crippen LogP contribution in [0.5, 0.6) is 0 Å². The molecule has 0 unspecified atom stereocenters. The van der Waals surface area contributed by atoms with Crippen LogP contribution in [0, 0.1) is 0 Å². The first-order valence-corrected chi connectivity index (χ1v) is 9.27. The van der Waals surface area contributed by atoms with Gasteiger partial charge in [0.1, 0.15) is 0 Å². The second-order valence-electron chi connectivity index (χ2n) is 6.47. The largest absolute Gasteiger partial charge is 0.245 e. The first kappa shape index (κ1) is 13.3. The van der Waals surface area contributed by atoms with E-state index in [1.54, 1.807) is 11.3 Å². The van der Waals surface area contributed by atoms with Crippen LogP contribution in [0.4, 0.5) is 0 Å². The minimum atomic E-state index is 1.08. The lowest BCUT2D eigenvalue weighted by Crippen LogP contribution is -1.83.